The lowest BCUT2D eigenvalue weighted by Gasteiger charge is -2.32. The molecule has 0 saturated heterocycles. The zero-order valence-corrected chi connectivity index (χ0v) is 15.3. The molecule has 8 heteroatoms. The first-order valence-corrected chi connectivity index (χ1v) is 7.98. The monoisotopic (exact) mass is 369 g/mol. The largest absolute Gasteiger partial charge is 0.487 e. The van der Waals surface area contributed by atoms with Crippen LogP contribution < -0.4 is 9.64 Å². The molecule has 136 valence electrons. The van der Waals surface area contributed by atoms with Crippen LogP contribution in [0.15, 0.2) is 29.5 Å². The molecule has 1 aromatic carbocycles. The Bertz CT molecular complexity index is 700. The number of benzene rings is 1. The lowest BCUT2D eigenvalue weighted by Crippen LogP contribution is -2.39. The molecule has 0 fully saturated rings. The highest BCUT2D eigenvalue weighted by atomic mass is 35.5. The van der Waals surface area contributed by atoms with Crippen LogP contribution in [0.2, 0.25) is 5.02 Å². The summed E-state index contributed by atoms with van der Waals surface area (Å²) in [6.45, 7) is 3.68. The zero-order chi connectivity index (χ0) is 18.6. The third kappa shape index (κ3) is 4.05. The second-order valence-corrected chi connectivity index (χ2v) is 5.88. The summed E-state index contributed by atoms with van der Waals surface area (Å²) in [7, 11) is 2.47. The number of carbonyl (C=O) groups excluding carboxylic acids is 2. The number of carbonyl (C=O) groups is 2. The van der Waals surface area contributed by atoms with E-state index in [2.05, 4.69) is 0 Å². The van der Waals surface area contributed by atoms with Gasteiger partial charge in [0.2, 0.25) is 0 Å². The summed E-state index contributed by atoms with van der Waals surface area (Å²) in [4.78, 5) is 25.9. The number of halogens is 1. The topological polar surface area (TPSA) is 74.3 Å². The van der Waals surface area contributed by atoms with Crippen LogP contribution in [-0.2, 0) is 23.8 Å². The number of ether oxygens (including phenoxy) is 4. The summed E-state index contributed by atoms with van der Waals surface area (Å²) in [5.74, 6) is -0.965. The summed E-state index contributed by atoms with van der Waals surface area (Å²) in [5, 5.41) is 0.376. The van der Waals surface area contributed by atoms with Crippen LogP contribution in [0.4, 0.5) is 5.69 Å². The van der Waals surface area contributed by atoms with Crippen LogP contribution in [0.5, 0.6) is 5.75 Å². The van der Waals surface area contributed by atoms with E-state index in [9.17, 15) is 9.59 Å². The van der Waals surface area contributed by atoms with Crippen molar-refractivity contribution in [3.63, 3.8) is 0 Å². The number of rotatable bonds is 5. The van der Waals surface area contributed by atoms with E-state index in [1.165, 1.54) is 19.1 Å². The van der Waals surface area contributed by atoms with E-state index in [0.29, 0.717) is 16.5 Å². The fraction of sp³-hybridized carbons (Fsp3) is 0.412. The van der Waals surface area contributed by atoms with Crippen molar-refractivity contribution in [2.45, 2.75) is 20.0 Å². The number of hydrogen-bond acceptors (Lipinski definition) is 7. The van der Waals surface area contributed by atoms with Crippen LogP contribution in [0.3, 0.4) is 0 Å². The van der Waals surface area contributed by atoms with Crippen molar-refractivity contribution in [1.82, 2.24) is 0 Å². The van der Waals surface area contributed by atoms with Gasteiger partial charge in [-0.2, -0.15) is 0 Å². The number of anilines is 1. The maximum absolute atomic E-state index is 12.3. The van der Waals surface area contributed by atoms with Crippen LogP contribution in [0.1, 0.15) is 13.8 Å². The minimum absolute atomic E-state index is 0.0275. The third-order valence-corrected chi connectivity index (χ3v) is 3.72. The highest BCUT2D eigenvalue weighted by molar-refractivity contribution is 6.32. The number of nitrogens with zero attached hydrogens (tertiary/aromatic N) is 1. The lowest BCUT2D eigenvalue weighted by atomic mass is 10.1. The molecule has 1 aliphatic rings. The van der Waals surface area contributed by atoms with E-state index in [4.69, 9.17) is 30.5 Å². The summed E-state index contributed by atoms with van der Waals surface area (Å²) < 4.78 is 20.8. The quantitative estimate of drug-likeness (QED) is 0.738. The normalized spacial score (nSPS) is 14.6. The van der Waals surface area contributed by atoms with Crippen molar-refractivity contribution in [2.24, 2.45) is 0 Å². The average Bonchev–Trinajstić information content (AvgIpc) is 2.61. The van der Waals surface area contributed by atoms with Gasteiger partial charge < -0.3 is 23.8 Å². The van der Waals surface area contributed by atoms with Crippen molar-refractivity contribution in [2.75, 3.05) is 32.5 Å². The number of hydrogen-bond donors (Lipinski definition) is 0. The molecule has 0 spiro atoms. The standard InChI is InChI=1S/C17H20ClNO6/c1-10(2)25-15-12(18)6-5-7-13(15)19-9-24-8-11(16(20)22-3)14(19)17(21)23-4/h5-7,10H,8-9H2,1-4H3. The van der Waals surface area contributed by atoms with Crippen molar-refractivity contribution in [3.05, 3.63) is 34.5 Å². The molecule has 0 amide bonds. The Kier molecular flexibility index (Phi) is 6.27. The maximum atomic E-state index is 12.3. The second kappa shape index (κ2) is 8.22. The minimum Gasteiger partial charge on any atom is -0.487 e. The van der Waals surface area contributed by atoms with Crippen molar-refractivity contribution in [3.8, 4) is 5.75 Å². The van der Waals surface area contributed by atoms with Gasteiger partial charge >= 0.3 is 11.9 Å². The Balaban J connectivity index is 2.62. The molecule has 1 aliphatic heterocycles. The molecule has 1 heterocycles. The van der Waals surface area contributed by atoms with Gasteiger partial charge in [0.25, 0.3) is 0 Å². The molecule has 25 heavy (non-hydrogen) atoms. The van der Waals surface area contributed by atoms with E-state index < -0.39 is 11.9 Å². The molecule has 7 nitrogen and oxygen atoms in total. The van der Waals surface area contributed by atoms with E-state index in [1.54, 1.807) is 18.2 Å². The predicted molar refractivity (Wildman–Crippen MR) is 91.6 cm³/mol. The number of para-hydroxylation sites is 1. The summed E-state index contributed by atoms with van der Waals surface area (Å²) in [5.41, 5.74) is 0.593. The first kappa shape index (κ1) is 19.1. The van der Waals surface area contributed by atoms with Gasteiger partial charge in [-0.3, -0.25) is 0 Å². The molecule has 0 unspecified atom stereocenters. The SMILES string of the molecule is COC(=O)C1=C(C(=O)OC)N(c2cccc(Cl)c2OC(C)C)COC1. The molecule has 0 bridgehead atoms. The molecule has 0 radical (unpaired) electrons. The van der Waals surface area contributed by atoms with Gasteiger partial charge in [0.05, 0.1) is 43.2 Å². The van der Waals surface area contributed by atoms with Gasteiger partial charge in [0.1, 0.15) is 12.4 Å². The van der Waals surface area contributed by atoms with E-state index >= 15 is 0 Å². The van der Waals surface area contributed by atoms with Gasteiger partial charge in [-0.25, -0.2) is 9.59 Å². The van der Waals surface area contributed by atoms with E-state index in [-0.39, 0.29) is 30.7 Å². The third-order valence-electron chi connectivity index (χ3n) is 3.42. The Morgan fingerprint density at radius 3 is 2.48 bits per heavy atom. The fourth-order valence-corrected chi connectivity index (χ4v) is 2.61. The van der Waals surface area contributed by atoms with Crippen molar-refractivity contribution >= 4 is 29.2 Å². The molecular weight excluding hydrogens is 350 g/mol. The second-order valence-electron chi connectivity index (χ2n) is 5.47. The van der Waals surface area contributed by atoms with Crippen LogP contribution in [-0.4, -0.2) is 45.6 Å². The minimum atomic E-state index is -0.681. The Morgan fingerprint density at radius 2 is 1.88 bits per heavy atom. The maximum Gasteiger partial charge on any atom is 0.355 e. The Morgan fingerprint density at radius 1 is 1.20 bits per heavy atom. The van der Waals surface area contributed by atoms with Gasteiger partial charge in [-0.1, -0.05) is 17.7 Å². The summed E-state index contributed by atoms with van der Waals surface area (Å²) in [6, 6.07) is 5.11. The first-order valence-electron chi connectivity index (χ1n) is 7.60. The van der Waals surface area contributed by atoms with Gasteiger partial charge in [-0.15, -0.1) is 0 Å². The molecular formula is C17H20ClNO6. The molecule has 2 rings (SSSR count). The van der Waals surface area contributed by atoms with E-state index in [1.807, 2.05) is 13.8 Å². The van der Waals surface area contributed by atoms with Crippen LogP contribution in [0.25, 0.3) is 0 Å². The Labute approximate surface area is 151 Å². The van der Waals surface area contributed by atoms with Gasteiger partial charge in [0, 0.05) is 0 Å². The molecule has 0 aliphatic carbocycles. The highest BCUT2D eigenvalue weighted by Crippen LogP contribution is 2.39. The molecule has 0 aromatic heterocycles. The van der Waals surface area contributed by atoms with Crippen molar-refractivity contribution < 1.29 is 28.5 Å². The molecule has 0 N–H and O–H groups in total. The fourth-order valence-electron chi connectivity index (χ4n) is 2.40. The number of methoxy groups -OCH3 is 2. The van der Waals surface area contributed by atoms with Gasteiger partial charge in [-0.05, 0) is 26.0 Å². The van der Waals surface area contributed by atoms with Crippen LogP contribution in [0, 0.1) is 0 Å². The molecule has 0 atom stereocenters. The number of esters is 2. The smallest absolute Gasteiger partial charge is 0.355 e. The van der Waals surface area contributed by atoms with E-state index in [0.717, 1.165) is 0 Å². The summed E-state index contributed by atoms with van der Waals surface area (Å²) >= 11 is 6.26. The lowest BCUT2D eigenvalue weighted by molar-refractivity contribution is -0.140. The highest BCUT2D eigenvalue weighted by Gasteiger charge is 2.34. The summed E-state index contributed by atoms with van der Waals surface area (Å²) in [6.07, 6.45) is -0.144. The molecule has 1 aromatic rings. The average molecular weight is 370 g/mol. The zero-order valence-electron chi connectivity index (χ0n) is 14.5. The van der Waals surface area contributed by atoms with Crippen molar-refractivity contribution in [1.29, 1.82) is 0 Å². The van der Waals surface area contributed by atoms with Crippen LogP contribution >= 0.6 is 11.6 Å². The van der Waals surface area contributed by atoms with Gasteiger partial charge in [0.15, 0.2) is 5.75 Å². The predicted octanol–water partition coefficient (Wildman–Crippen LogP) is 2.52. The first-order chi connectivity index (χ1) is 11.9. The Hall–Kier alpha value is -2.25. The molecule has 0 saturated carbocycles.